The molecule has 0 spiro atoms. The number of aliphatic hydroxyl groups excluding tert-OH is 1. The first-order valence-electron chi connectivity index (χ1n) is 7.72. The molecule has 1 aromatic carbocycles. The van der Waals surface area contributed by atoms with Crippen LogP contribution in [0, 0.1) is 13.8 Å². The number of aliphatic hydroxyl groups is 1. The molecule has 1 aliphatic heterocycles. The first-order chi connectivity index (χ1) is 11.0. The van der Waals surface area contributed by atoms with Gasteiger partial charge in [-0.2, -0.15) is 0 Å². The molecular weight excluding hydrogens is 308 g/mol. The van der Waals surface area contributed by atoms with E-state index in [2.05, 4.69) is 37.0 Å². The van der Waals surface area contributed by atoms with Gasteiger partial charge in [0.2, 0.25) is 0 Å². The van der Waals surface area contributed by atoms with E-state index < -0.39 is 6.10 Å². The summed E-state index contributed by atoms with van der Waals surface area (Å²) in [6, 6.07) is 9.86. The molecule has 0 radical (unpaired) electrons. The fourth-order valence-electron chi connectivity index (χ4n) is 2.75. The van der Waals surface area contributed by atoms with E-state index in [0.717, 1.165) is 4.90 Å². The van der Waals surface area contributed by atoms with Crippen LogP contribution in [0.1, 0.15) is 27.9 Å². The second-order valence-corrected chi connectivity index (χ2v) is 6.95. The summed E-state index contributed by atoms with van der Waals surface area (Å²) in [6.45, 7) is 5.14. The Kier molecular flexibility index (Phi) is 4.68. The molecule has 3 rings (SSSR count). The number of aromatic nitrogens is 1. The summed E-state index contributed by atoms with van der Waals surface area (Å²) in [5.41, 5.74) is 3.00. The minimum Gasteiger partial charge on any atom is -0.391 e. The Morgan fingerprint density at radius 2 is 2.17 bits per heavy atom. The number of amides is 1. The van der Waals surface area contributed by atoms with Gasteiger partial charge in [-0.05, 0) is 44.0 Å². The van der Waals surface area contributed by atoms with Crippen LogP contribution in [0.4, 0.5) is 0 Å². The van der Waals surface area contributed by atoms with Crippen LogP contribution in [0.15, 0.2) is 46.5 Å². The van der Waals surface area contributed by atoms with Gasteiger partial charge in [0.15, 0.2) is 0 Å². The van der Waals surface area contributed by atoms with Gasteiger partial charge in [0, 0.05) is 24.2 Å². The van der Waals surface area contributed by atoms with Gasteiger partial charge >= 0.3 is 0 Å². The van der Waals surface area contributed by atoms with Crippen LogP contribution in [0.2, 0.25) is 0 Å². The molecule has 4 nitrogen and oxygen atoms in total. The van der Waals surface area contributed by atoms with Crippen molar-refractivity contribution in [3.05, 3.63) is 53.2 Å². The van der Waals surface area contributed by atoms with Gasteiger partial charge < -0.3 is 10.0 Å². The van der Waals surface area contributed by atoms with Crippen molar-refractivity contribution in [3.63, 3.8) is 0 Å². The van der Waals surface area contributed by atoms with Gasteiger partial charge in [-0.25, -0.2) is 4.98 Å². The summed E-state index contributed by atoms with van der Waals surface area (Å²) >= 11 is 1.52. The van der Waals surface area contributed by atoms with E-state index in [9.17, 15) is 9.90 Å². The lowest BCUT2D eigenvalue weighted by molar-refractivity contribution is 0.0761. The highest BCUT2D eigenvalue weighted by Gasteiger charge is 2.27. The zero-order chi connectivity index (χ0) is 16.4. The number of β-amino-alcohol motifs (C(OH)–C–C–N with tert-alkyl or cyclic N) is 1. The minimum atomic E-state index is -0.411. The normalized spacial score (nSPS) is 17.5. The second-order valence-electron chi connectivity index (χ2n) is 5.92. The Morgan fingerprint density at radius 1 is 1.35 bits per heavy atom. The molecule has 0 bridgehead atoms. The van der Waals surface area contributed by atoms with Crippen molar-refractivity contribution >= 4 is 17.7 Å². The number of rotatable bonds is 3. The molecule has 1 aliphatic rings. The SMILES string of the molecule is Cc1ccc(Sc2ncccc2C(=O)N2CC[C@@H](O)C2)c(C)c1. The number of aryl methyl sites for hydroxylation is 2. The molecule has 1 amide bonds. The molecule has 0 unspecified atom stereocenters. The van der Waals surface area contributed by atoms with Crippen LogP contribution in [-0.4, -0.2) is 40.1 Å². The van der Waals surface area contributed by atoms with Crippen molar-refractivity contribution in [2.45, 2.75) is 36.3 Å². The van der Waals surface area contributed by atoms with Crippen molar-refractivity contribution in [1.82, 2.24) is 9.88 Å². The molecule has 1 saturated heterocycles. The average Bonchev–Trinajstić information content (AvgIpc) is 2.96. The van der Waals surface area contributed by atoms with Crippen LogP contribution in [0.25, 0.3) is 0 Å². The largest absolute Gasteiger partial charge is 0.391 e. The highest BCUT2D eigenvalue weighted by atomic mass is 32.2. The van der Waals surface area contributed by atoms with E-state index in [1.165, 1.54) is 22.9 Å². The van der Waals surface area contributed by atoms with E-state index in [-0.39, 0.29) is 5.91 Å². The highest BCUT2D eigenvalue weighted by molar-refractivity contribution is 7.99. The lowest BCUT2D eigenvalue weighted by Gasteiger charge is -2.17. The average molecular weight is 328 g/mol. The van der Waals surface area contributed by atoms with E-state index in [0.29, 0.717) is 30.1 Å². The van der Waals surface area contributed by atoms with Gasteiger partial charge in [0.05, 0.1) is 11.7 Å². The molecule has 0 aliphatic carbocycles. The number of nitrogens with zero attached hydrogens (tertiary/aromatic N) is 2. The standard InChI is InChI=1S/C18H20N2O2S/c1-12-5-6-16(13(2)10-12)23-17-15(4-3-8-19-17)18(22)20-9-7-14(21)11-20/h3-6,8,10,14,21H,7,9,11H2,1-2H3/t14-/m1/s1. The molecule has 2 heterocycles. The molecule has 23 heavy (non-hydrogen) atoms. The topological polar surface area (TPSA) is 53.4 Å². The Hall–Kier alpha value is -1.85. The fraction of sp³-hybridized carbons (Fsp3) is 0.333. The number of carbonyl (C=O) groups excluding carboxylic acids is 1. The summed E-state index contributed by atoms with van der Waals surface area (Å²) in [5.74, 6) is -0.0538. The van der Waals surface area contributed by atoms with E-state index in [1.807, 2.05) is 6.07 Å². The zero-order valence-electron chi connectivity index (χ0n) is 13.3. The predicted molar refractivity (Wildman–Crippen MR) is 90.8 cm³/mol. The van der Waals surface area contributed by atoms with Crippen molar-refractivity contribution in [1.29, 1.82) is 0 Å². The fourth-order valence-corrected chi connectivity index (χ4v) is 3.69. The van der Waals surface area contributed by atoms with Crippen molar-refractivity contribution in [2.75, 3.05) is 13.1 Å². The smallest absolute Gasteiger partial charge is 0.256 e. The maximum absolute atomic E-state index is 12.7. The Labute approximate surface area is 140 Å². The third-order valence-electron chi connectivity index (χ3n) is 3.99. The Bertz CT molecular complexity index is 733. The number of likely N-dealkylation sites (tertiary alicyclic amines) is 1. The molecular formula is C18H20N2O2S. The van der Waals surface area contributed by atoms with Crippen molar-refractivity contribution in [3.8, 4) is 0 Å². The maximum Gasteiger partial charge on any atom is 0.256 e. The molecule has 1 aromatic heterocycles. The zero-order valence-corrected chi connectivity index (χ0v) is 14.1. The Morgan fingerprint density at radius 3 is 2.87 bits per heavy atom. The number of hydrogen-bond donors (Lipinski definition) is 1. The third-order valence-corrected chi connectivity index (χ3v) is 5.19. The monoisotopic (exact) mass is 328 g/mol. The van der Waals surface area contributed by atoms with Crippen LogP contribution in [-0.2, 0) is 0 Å². The number of benzene rings is 1. The molecule has 1 atom stereocenters. The van der Waals surface area contributed by atoms with Crippen LogP contribution in [0.5, 0.6) is 0 Å². The predicted octanol–water partition coefficient (Wildman–Crippen LogP) is 3.06. The molecule has 5 heteroatoms. The molecule has 0 saturated carbocycles. The van der Waals surface area contributed by atoms with Crippen LogP contribution in [0.3, 0.4) is 0 Å². The van der Waals surface area contributed by atoms with E-state index in [1.54, 1.807) is 17.2 Å². The highest BCUT2D eigenvalue weighted by Crippen LogP contribution is 2.32. The number of hydrogen-bond acceptors (Lipinski definition) is 4. The van der Waals surface area contributed by atoms with Crippen molar-refractivity contribution < 1.29 is 9.90 Å². The summed E-state index contributed by atoms with van der Waals surface area (Å²) in [7, 11) is 0. The first kappa shape index (κ1) is 16.0. The Balaban J connectivity index is 1.87. The summed E-state index contributed by atoms with van der Waals surface area (Å²) in [4.78, 5) is 19.9. The van der Waals surface area contributed by atoms with Gasteiger partial charge in [-0.1, -0.05) is 29.5 Å². The summed E-state index contributed by atoms with van der Waals surface area (Å²) < 4.78 is 0. The molecule has 120 valence electrons. The minimum absolute atomic E-state index is 0.0538. The number of pyridine rings is 1. The van der Waals surface area contributed by atoms with Gasteiger partial charge in [-0.3, -0.25) is 4.79 Å². The van der Waals surface area contributed by atoms with Gasteiger partial charge in [-0.15, -0.1) is 0 Å². The summed E-state index contributed by atoms with van der Waals surface area (Å²) in [5, 5.41) is 10.4. The van der Waals surface area contributed by atoms with Crippen LogP contribution < -0.4 is 0 Å². The lowest BCUT2D eigenvalue weighted by atomic mass is 10.2. The molecule has 1 N–H and O–H groups in total. The van der Waals surface area contributed by atoms with Gasteiger partial charge in [0.1, 0.15) is 5.03 Å². The van der Waals surface area contributed by atoms with Gasteiger partial charge in [0.25, 0.3) is 5.91 Å². The number of carbonyl (C=O) groups is 1. The quantitative estimate of drug-likeness (QED) is 0.941. The first-order valence-corrected chi connectivity index (χ1v) is 8.53. The molecule has 1 fully saturated rings. The van der Waals surface area contributed by atoms with Crippen molar-refractivity contribution in [2.24, 2.45) is 0 Å². The van der Waals surface area contributed by atoms with E-state index in [4.69, 9.17) is 0 Å². The molecule has 2 aromatic rings. The summed E-state index contributed by atoms with van der Waals surface area (Å²) in [6.07, 6.45) is 1.94. The second kappa shape index (κ2) is 6.72. The third kappa shape index (κ3) is 3.57. The lowest BCUT2D eigenvalue weighted by Crippen LogP contribution is -2.30. The maximum atomic E-state index is 12.7. The van der Waals surface area contributed by atoms with Crippen LogP contribution >= 0.6 is 11.8 Å². The van der Waals surface area contributed by atoms with E-state index >= 15 is 0 Å².